The zero-order valence-electron chi connectivity index (χ0n) is 19.4. The van der Waals surface area contributed by atoms with Gasteiger partial charge in [0.25, 0.3) is 5.88 Å². The van der Waals surface area contributed by atoms with Crippen LogP contribution in [0.2, 0.25) is 0 Å². The molecule has 0 saturated heterocycles. The maximum Gasteiger partial charge on any atom is 0.264 e. The lowest BCUT2D eigenvalue weighted by atomic mass is 9.96. The summed E-state index contributed by atoms with van der Waals surface area (Å²) in [6.07, 6.45) is 3.46. The molecule has 0 fully saturated rings. The van der Waals surface area contributed by atoms with Gasteiger partial charge in [-0.05, 0) is 70.1 Å². The van der Waals surface area contributed by atoms with Crippen molar-refractivity contribution >= 4 is 0 Å². The van der Waals surface area contributed by atoms with Gasteiger partial charge in [0.05, 0.1) is 5.56 Å². The van der Waals surface area contributed by atoms with Crippen molar-refractivity contribution in [3.63, 3.8) is 0 Å². The summed E-state index contributed by atoms with van der Waals surface area (Å²) < 4.78 is 33.4. The van der Waals surface area contributed by atoms with Gasteiger partial charge in [0.1, 0.15) is 31.3 Å². The maximum absolute atomic E-state index is 6.42. The molecule has 6 rings (SSSR count). The van der Waals surface area contributed by atoms with E-state index in [0.29, 0.717) is 19.1 Å². The molecule has 0 amide bonds. The fourth-order valence-corrected chi connectivity index (χ4v) is 4.73. The molecule has 1 atom stereocenters. The summed E-state index contributed by atoms with van der Waals surface area (Å²) in [5.74, 6) is 2.82. The first-order chi connectivity index (χ1) is 17.3. The van der Waals surface area contributed by atoms with E-state index in [2.05, 4.69) is 35.5 Å². The zero-order chi connectivity index (χ0) is 23.6. The smallest absolute Gasteiger partial charge is 0.264 e. The molecule has 7 nitrogen and oxygen atoms in total. The third-order valence-corrected chi connectivity index (χ3v) is 6.36. The largest absolute Gasteiger partial charge is 0.486 e. The van der Waals surface area contributed by atoms with Crippen LogP contribution in [0.4, 0.5) is 0 Å². The second kappa shape index (κ2) is 9.35. The highest BCUT2D eigenvalue weighted by molar-refractivity contribution is 5.72. The number of hydrogen-bond acceptors (Lipinski definition) is 7. The average molecular weight is 472 g/mol. The molecule has 1 unspecified atom stereocenters. The summed E-state index contributed by atoms with van der Waals surface area (Å²) in [5, 5.41) is 3.89. The summed E-state index contributed by atoms with van der Waals surface area (Å²) in [4.78, 5) is 0. The molecule has 0 bridgehead atoms. The Morgan fingerprint density at radius 1 is 0.914 bits per heavy atom. The molecule has 1 aliphatic carbocycles. The fraction of sp³-hybridized carbons (Fsp3) is 0.250. The lowest BCUT2D eigenvalue weighted by Crippen LogP contribution is -2.15. The molecule has 1 aromatic heterocycles. The van der Waals surface area contributed by atoms with Crippen molar-refractivity contribution in [3.05, 3.63) is 78.1 Å². The molecule has 3 aromatic carbocycles. The first-order valence-electron chi connectivity index (χ1n) is 11.6. The summed E-state index contributed by atoms with van der Waals surface area (Å²) in [6, 6.07) is 20.5. The monoisotopic (exact) mass is 471 g/mol. The van der Waals surface area contributed by atoms with Crippen LogP contribution in [-0.4, -0.2) is 32.3 Å². The Morgan fingerprint density at radius 3 is 2.60 bits per heavy atom. The van der Waals surface area contributed by atoms with E-state index in [4.69, 9.17) is 28.2 Å². The molecule has 7 heteroatoms. The SMILES string of the molecule is COCOc1nocc1-c1ccc(OC2CCc3c(-c4ccc5c(c4)OCCO5)cccc32)cc1. The van der Waals surface area contributed by atoms with Gasteiger partial charge < -0.3 is 28.2 Å². The van der Waals surface area contributed by atoms with Crippen molar-refractivity contribution in [2.75, 3.05) is 27.1 Å². The topological polar surface area (TPSA) is 72.2 Å². The van der Waals surface area contributed by atoms with Crippen LogP contribution in [0.5, 0.6) is 23.1 Å². The number of rotatable bonds is 7. The van der Waals surface area contributed by atoms with Crippen LogP contribution in [0.3, 0.4) is 0 Å². The number of methoxy groups -OCH3 is 1. The van der Waals surface area contributed by atoms with Gasteiger partial charge in [-0.2, -0.15) is 0 Å². The summed E-state index contributed by atoms with van der Waals surface area (Å²) in [5.41, 5.74) is 6.61. The fourth-order valence-electron chi connectivity index (χ4n) is 4.73. The van der Waals surface area contributed by atoms with Gasteiger partial charge in [-0.25, -0.2) is 0 Å². The minimum Gasteiger partial charge on any atom is -0.486 e. The first kappa shape index (κ1) is 21.6. The predicted molar refractivity (Wildman–Crippen MR) is 129 cm³/mol. The van der Waals surface area contributed by atoms with E-state index >= 15 is 0 Å². The Morgan fingerprint density at radius 2 is 1.74 bits per heavy atom. The average Bonchev–Trinajstić information content (AvgIpc) is 3.55. The van der Waals surface area contributed by atoms with Crippen LogP contribution in [-0.2, 0) is 11.2 Å². The van der Waals surface area contributed by atoms with Crippen LogP contribution < -0.4 is 18.9 Å². The van der Waals surface area contributed by atoms with Crippen molar-refractivity contribution < 1.29 is 28.2 Å². The molecule has 2 heterocycles. The van der Waals surface area contributed by atoms with Gasteiger partial charge in [-0.15, -0.1) is 0 Å². The number of fused-ring (bicyclic) bond motifs is 2. The number of aromatic nitrogens is 1. The van der Waals surface area contributed by atoms with E-state index in [1.165, 1.54) is 16.7 Å². The van der Waals surface area contributed by atoms with Crippen LogP contribution >= 0.6 is 0 Å². The second-order valence-corrected chi connectivity index (χ2v) is 8.49. The van der Waals surface area contributed by atoms with Gasteiger partial charge in [0.2, 0.25) is 0 Å². The highest BCUT2D eigenvalue weighted by Gasteiger charge is 2.27. The maximum atomic E-state index is 6.42. The molecule has 178 valence electrons. The minimum absolute atomic E-state index is 0.00389. The van der Waals surface area contributed by atoms with E-state index < -0.39 is 0 Å². The standard InChI is InChI=1S/C28H25NO6/c1-30-17-33-28-24(16-34-29-28)18-5-8-20(9-6-18)35-25-12-10-22-21(3-2-4-23(22)25)19-7-11-26-27(15-19)32-14-13-31-26/h2-9,11,15-16,25H,10,12-14,17H2,1H3. The van der Waals surface area contributed by atoms with Crippen LogP contribution in [0.25, 0.3) is 22.3 Å². The van der Waals surface area contributed by atoms with Crippen LogP contribution in [0, 0.1) is 0 Å². The lowest BCUT2D eigenvalue weighted by molar-refractivity contribution is 0.0457. The highest BCUT2D eigenvalue weighted by atomic mass is 16.7. The Kier molecular flexibility index (Phi) is 5.76. The first-order valence-corrected chi connectivity index (χ1v) is 11.6. The van der Waals surface area contributed by atoms with Gasteiger partial charge in [-0.1, -0.05) is 36.4 Å². The van der Waals surface area contributed by atoms with Crippen molar-refractivity contribution in [1.82, 2.24) is 5.16 Å². The van der Waals surface area contributed by atoms with Gasteiger partial charge >= 0.3 is 0 Å². The molecule has 0 radical (unpaired) electrons. The number of ether oxygens (including phenoxy) is 5. The lowest BCUT2D eigenvalue weighted by Gasteiger charge is -2.20. The second-order valence-electron chi connectivity index (χ2n) is 8.49. The van der Waals surface area contributed by atoms with Gasteiger partial charge in [-0.3, -0.25) is 0 Å². The minimum atomic E-state index is 0.00389. The van der Waals surface area contributed by atoms with Crippen LogP contribution in [0.15, 0.2) is 71.4 Å². The number of benzene rings is 3. The molecule has 35 heavy (non-hydrogen) atoms. The van der Waals surface area contributed by atoms with E-state index in [1.54, 1.807) is 13.4 Å². The molecule has 4 aromatic rings. The molecule has 1 aliphatic heterocycles. The molecule has 0 N–H and O–H groups in total. The summed E-state index contributed by atoms with van der Waals surface area (Å²) in [6.45, 7) is 1.28. The Bertz CT molecular complexity index is 1330. The van der Waals surface area contributed by atoms with E-state index in [-0.39, 0.29) is 12.9 Å². The van der Waals surface area contributed by atoms with Crippen molar-refractivity contribution in [2.45, 2.75) is 18.9 Å². The Hall–Kier alpha value is -3.97. The van der Waals surface area contributed by atoms with Crippen molar-refractivity contribution in [1.29, 1.82) is 0 Å². The van der Waals surface area contributed by atoms with Crippen molar-refractivity contribution in [3.8, 4) is 45.4 Å². The van der Waals surface area contributed by atoms with E-state index in [1.807, 2.05) is 30.3 Å². The van der Waals surface area contributed by atoms with Gasteiger partial charge in [0.15, 0.2) is 18.3 Å². The number of hydrogen-bond donors (Lipinski definition) is 0. The predicted octanol–water partition coefficient (Wildman–Crippen LogP) is 5.83. The van der Waals surface area contributed by atoms with E-state index in [9.17, 15) is 0 Å². The summed E-state index contributed by atoms with van der Waals surface area (Å²) in [7, 11) is 1.56. The summed E-state index contributed by atoms with van der Waals surface area (Å²) >= 11 is 0. The molecular formula is C28H25NO6. The molecule has 0 saturated carbocycles. The Balaban J connectivity index is 1.21. The van der Waals surface area contributed by atoms with Crippen molar-refractivity contribution in [2.24, 2.45) is 0 Å². The third kappa shape index (κ3) is 4.19. The Labute approximate surface area is 203 Å². The van der Waals surface area contributed by atoms with E-state index in [0.717, 1.165) is 46.8 Å². The number of nitrogens with zero attached hydrogens (tertiary/aromatic N) is 1. The quantitative estimate of drug-likeness (QED) is 0.314. The molecule has 0 spiro atoms. The normalized spacial score (nSPS) is 16.1. The zero-order valence-corrected chi connectivity index (χ0v) is 19.4. The molecular weight excluding hydrogens is 446 g/mol. The highest BCUT2D eigenvalue weighted by Crippen LogP contribution is 2.42. The van der Waals surface area contributed by atoms with Crippen LogP contribution in [0.1, 0.15) is 23.7 Å². The van der Waals surface area contributed by atoms with Gasteiger partial charge in [0, 0.05) is 7.11 Å². The molecule has 2 aliphatic rings. The third-order valence-electron chi connectivity index (χ3n) is 6.36.